The summed E-state index contributed by atoms with van der Waals surface area (Å²) in [6.07, 6.45) is 3.02. The Morgan fingerprint density at radius 2 is 1.59 bits per heavy atom. The Balaban J connectivity index is 1.57. The highest BCUT2D eigenvalue weighted by atomic mass is 16.5. The van der Waals surface area contributed by atoms with E-state index in [0.29, 0.717) is 28.9 Å². The Morgan fingerprint density at radius 3 is 2.22 bits per heavy atom. The topological polar surface area (TPSA) is 76.1 Å². The molecule has 0 atom stereocenters. The predicted molar refractivity (Wildman–Crippen MR) is 106 cm³/mol. The third-order valence-electron chi connectivity index (χ3n) is 3.67. The maximum atomic E-state index is 12.3. The van der Waals surface area contributed by atoms with Crippen molar-refractivity contribution in [3.8, 4) is 11.5 Å². The molecule has 0 saturated heterocycles. The van der Waals surface area contributed by atoms with Gasteiger partial charge in [-0.1, -0.05) is 32.0 Å². The zero-order chi connectivity index (χ0) is 19.1. The summed E-state index contributed by atoms with van der Waals surface area (Å²) in [6, 6.07) is 16.7. The van der Waals surface area contributed by atoms with E-state index in [1.165, 1.54) is 12.4 Å². The number of nitrogens with zero attached hydrogens (tertiary/aromatic N) is 2. The molecule has 0 saturated carbocycles. The van der Waals surface area contributed by atoms with E-state index in [4.69, 9.17) is 4.74 Å². The summed E-state index contributed by atoms with van der Waals surface area (Å²) in [7, 11) is 0. The van der Waals surface area contributed by atoms with E-state index in [0.717, 1.165) is 12.3 Å². The fourth-order valence-corrected chi connectivity index (χ4v) is 2.27. The maximum Gasteiger partial charge on any atom is 0.258 e. The summed E-state index contributed by atoms with van der Waals surface area (Å²) >= 11 is 0. The maximum absolute atomic E-state index is 12.3. The Hall–Kier alpha value is -3.41. The molecule has 0 aliphatic heterocycles. The SMILES string of the molecule is CC(C)CNc1ncc(C(=O)Nc2ccc(Oc3ccccc3)cc2)cn1. The molecule has 0 radical (unpaired) electrons. The van der Waals surface area contributed by atoms with Crippen LogP contribution in [0.1, 0.15) is 24.2 Å². The highest BCUT2D eigenvalue weighted by molar-refractivity contribution is 6.03. The summed E-state index contributed by atoms with van der Waals surface area (Å²) in [5.41, 5.74) is 1.07. The van der Waals surface area contributed by atoms with Gasteiger partial charge in [-0.15, -0.1) is 0 Å². The molecule has 1 aromatic heterocycles. The van der Waals surface area contributed by atoms with Crippen molar-refractivity contribution in [3.63, 3.8) is 0 Å². The van der Waals surface area contributed by atoms with Crippen molar-refractivity contribution in [2.45, 2.75) is 13.8 Å². The number of para-hydroxylation sites is 1. The van der Waals surface area contributed by atoms with Crippen LogP contribution >= 0.6 is 0 Å². The third-order valence-corrected chi connectivity index (χ3v) is 3.67. The fraction of sp³-hybridized carbons (Fsp3) is 0.190. The van der Waals surface area contributed by atoms with Crippen molar-refractivity contribution >= 4 is 17.5 Å². The van der Waals surface area contributed by atoms with E-state index in [1.807, 2.05) is 30.3 Å². The van der Waals surface area contributed by atoms with Crippen molar-refractivity contribution in [2.24, 2.45) is 5.92 Å². The molecule has 3 aromatic rings. The van der Waals surface area contributed by atoms with E-state index in [9.17, 15) is 4.79 Å². The zero-order valence-electron chi connectivity index (χ0n) is 15.3. The number of hydrogen-bond acceptors (Lipinski definition) is 5. The molecule has 0 spiro atoms. The van der Waals surface area contributed by atoms with Crippen LogP contribution in [0.25, 0.3) is 0 Å². The lowest BCUT2D eigenvalue weighted by Gasteiger charge is -2.09. The Kier molecular flexibility index (Phi) is 5.99. The average Bonchev–Trinajstić information content (AvgIpc) is 2.69. The van der Waals surface area contributed by atoms with Crippen molar-refractivity contribution in [1.29, 1.82) is 0 Å². The van der Waals surface area contributed by atoms with Crippen LogP contribution in [0.5, 0.6) is 11.5 Å². The quantitative estimate of drug-likeness (QED) is 0.643. The molecule has 6 heteroatoms. The van der Waals surface area contributed by atoms with Gasteiger partial charge >= 0.3 is 0 Å². The molecule has 27 heavy (non-hydrogen) atoms. The minimum Gasteiger partial charge on any atom is -0.457 e. The first kappa shape index (κ1) is 18.4. The van der Waals surface area contributed by atoms with Crippen LogP contribution in [0.3, 0.4) is 0 Å². The van der Waals surface area contributed by atoms with E-state index in [2.05, 4.69) is 34.4 Å². The number of hydrogen-bond donors (Lipinski definition) is 2. The molecule has 1 amide bonds. The van der Waals surface area contributed by atoms with E-state index >= 15 is 0 Å². The lowest BCUT2D eigenvalue weighted by Crippen LogP contribution is -2.14. The molecule has 2 aromatic carbocycles. The number of aromatic nitrogens is 2. The minimum atomic E-state index is -0.262. The highest BCUT2D eigenvalue weighted by Crippen LogP contribution is 2.22. The molecule has 138 valence electrons. The van der Waals surface area contributed by atoms with Crippen LogP contribution < -0.4 is 15.4 Å². The van der Waals surface area contributed by atoms with Gasteiger partial charge in [0.25, 0.3) is 5.91 Å². The van der Waals surface area contributed by atoms with E-state index in [1.54, 1.807) is 24.3 Å². The summed E-state index contributed by atoms with van der Waals surface area (Å²) in [5, 5.41) is 5.94. The molecule has 0 fully saturated rings. The van der Waals surface area contributed by atoms with Crippen LogP contribution in [0, 0.1) is 5.92 Å². The van der Waals surface area contributed by atoms with Gasteiger partial charge in [0, 0.05) is 24.6 Å². The van der Waals surface area contributed by atoms with Crippen molar-refractivity contribution < 1.29 is 9.53 Å². The Morgan fingerprint density at radius 1 is 0.963 bits per heavy atom. The molecular weight excluding hydrogens is 340 g/mol. The van der Waals surface area contributed by atoms with Gasteiger partial charge in [0.15, 0.2) is 0 Å². The molecule has 0 unspecified atom stereocenters. The van der Waals surface area contributed by atoms with Gasteiger partial charge in [0.05, 0.1) is 5.56 Å². The molecule has 6 nitrogen and oxygen atoms in total. The Bertz CT molecular complexity index is 863. The number of rotatable bonds is 7. The molecule has 0 aliphatic carbocycles. The van der Waals surface area contributed by atoms with Crippen molar-refractivity contribution in [1.82, 2.24) is 9.97 Å². The van der Waals surface area contributed by atoms with Gasteiger partial charge in [-0.2, -0.15) is 0 Å². The van der Waals surface area contributed by atoms with Crippen LogP contribution in [-0.4, -0.2) is 22.4 Å². The van der Waals surface area contributed by atoms with Gasteiger partial charge in [0.1, 0.15) is 11.5 Å². The smallest absolute Gasteiger partial charge is 0.258 e. The highest BCUT2D eigenvalue weighted by Gasteiger charge is 2.08. The second kappa shape index (κ2) is 8.80. The first-order valence-electron chi connectivity index (χ1n) is 8.80. The standard InChI is InChI=1S/C21H22N4O2/c1-15(2)12-22-21-23-13-16(14-24-21)20(26)25-17-8-10-19(11-9-17)27-18-6-4-3-5-7-18/h3-11,13-15H,12H2,1-2H3,(H,25,26)(H,22,23,24). The predicted octanol–water partition coefficient (Wildman–Crippen LogP) is 4.59. The van der Waals surface area contributed by atoms with Gasteiger partial charge in [-0.25, -0.2) is 9.97 Å². The number of nitrogens with one attached hydrogen (secondary N) is 2. The number of carbonyl (C=O) groups is 1. The summed E-state index contributed by atoms with van der Waals surface area (Å²) in [4.78, 5) is 20.7. The summed E-state index contributed by atoms with van der Waals surface area (Å²) in [5.74, 6) is 2.20. The lowest BCUT2D eigenvalue weighted by molar-refractivity contribution is 0.102. The van der Waals surface area contributed by atoms with Gasteiger partial charge in [-0.3, -0.25) is 4.79 Å². The van der Waals surface area contributed by atoms with Crippen LogP contribution in [-0.2, 0) is 0 Å². The second-order valence-electron chi connectivity index (χ2n) is 6.46. The second-order valence-corrected chi connectivity index (χ2v) is 6.46. The van der Waals surface area contributed by atoms with Gasteiger partial charge < -0.3 is 15.4 Å². The molecular formula is C21H22N4O2. The number of carbonyl (C=O) groups excluding carboxylic acids is 1. The van der Waals surface area contributed by atoms with Crippen molar-refractivity contribution in [2.75, 3.05) is 17.2 Å². The number of anilines is 2. The average molecular weight is 362 g/mol. The van der Waals surface area contributed by atoms with Gasteiger partial charge in [-0.05, 0) is 42.3 Å². The Labute approximate surface area is 158 Å². The van der Waals surface area contributed by atoms with Crippen molar-refractivity contribution in [3.05, 3.63) is 72.6 Å². The largest absolute Gasteiger partial charge is 0.457 e. The molecule has 2 N–H and O–H groups in total. The minimum absolute atomic E-state index is 0.262. The summed E-state index contributed by atoms with van der Waals surface area (Å²) in [6.45, 7) is 4.99. The first-order chi connectivity index (χ1) is 13.1. The summed E-state index contributed by atoms with van der Waals surface area (Å²) < 4.78 is 5.74. The van der Waals surface area contributed by atoms with Crippen LogP contribution in [0.15, 0.2) is 67.0 Å². The molecule has 0 aliphatic rings. The van der Waals surface area contributed by atoms with Gasteiger partial charge in [0.2, 0.25) is 5.95 Å². The third kappa shape index (κ3) is 5.54. The van der Waals surface area contributed by atoms with E-state index < -0.39 is 0 Å². The molecule has 1 heterocycles. The van der Waals surface area contributed by atoms with Crippen LogP contribution in [0.4, 0.5) is 11.6 Å². The van der Waals surface area contributed by atoms with Crippen LogP contribution in [0.2, 0.25) is 0 Å². The zero-order valence-corrected chi connectivity index (χ0v) is 15.3. The lowest BCUT2D eigenvalue weighted by atomic mass is 10.2. The number of ether oxygens (including phenoxy) is 1. The first-order valence-corrected chi connectivity index (χ1v) is 8.80. The number of benzene rings is 2. The molecule has 3 rings (SSSR count). The molecule has 0 bridgehead atoms. The monoisotopic (exact) mass is 362 g/mol. The van der Waals surface area contributed by atoms with E-state index in [-0.39, 0.29) is 5.91 Å². The normalized spacial score (nSPS) is 10.5. The fourth-order valence-electron chi connectivity index (χ4n) is 2.27. The number of amides is 1.